The number of nitrogens with zero attached hydrogens (tertiary/aromatic N) is 2. The van der Waals surface area contributed by atoms with Gasteiger partial charge >= 0.3 is 0 Å². The van der Waals surface area contributed by atoms with Gasteiger partial charge in [-0.1, -0.05) is 20.8 Å². The maximum Gasteiger partial charge on any atom is 0.220 e. The summed E-state index contributed by atoms with van der Waals surface area (Å²) in [6.07, 6.45) is 3.42. The van der Waals surface area contributed by atoms with Gasteiger partial charge in [-0.2, -0.15) is 0 Å². The van der Waals surface area contributed by atoms with E-state index in [-0.39, 0.29) is 17.4 Å². The van der Waals surface area contributed by atoms with Crippen LogP contribution >= 0.6 is 11.3 Å². The highest BCUT2D eigenvalue weighted by molar-refractivity contribution is 7.13. The fourth-order valence-electron chi connectivity index (χ4n) is 2.18. The predicted molar refractivity (Wildman–Crippen MR) is 74.9 cm³/mol. The first-order valence-electron chi connectivity index (χ1n) is 6.38. The van der Waals surface area contributed by atoms with Crippen molar-refractivity contribution in [2.75, 3.05) is 18.0 Å². The van der Waals surface area contributed by atoms with E-state index >= 15 is 0 Å². The maximum atomic E-state index is 11.9. The lowest BCUT2D eigenvalue weighted by molar-refractivity contribution is -0.123. The van der Waals surface area contributed by atoms with Crippen molar-refractivity contribution in [2.24, 2.45) is 5.41 Å². The summed E-state index contributed by atoms with van der Waals surface area (Å²) < 4.78 is 0. The summed E-state index contributed by atoms with van der Waals surface area (Å²) in [5, 5.41) is 6.17. The number of carbonyl (C=O) groups is 1. The molecular weight excluding hydrogens is 246 g/mol. The molecule has 0 saturated carbocycles. The molecule has 1 aromatic heterocycles. The summed E-state index contributed by atoms with van der Waals surface area (Å²) in [6.45, 7) is 8.12. The van der Waals surface area contributed by atoms with Crippen LogP contribution in [0.1, 0.15) is 33.6 Å². The Labute approximate surface area is 112 Å². The Hall–Kier alpha value is -1.10. The Morgan fingerprint density at radius 2 is 2.39 bits per heavy atom. The molecule has 0 aromatic carbocycles. The molecule has 2 rings (SSSR count). The Balaban J connectivity index is 1.81. The fraction of sp³-hybridized carbons (Fsp3) is 0.692. The molecule has 0 radical (unpaired) electrons. The van der Waals surface area contributed by atoms with E-state index < -0.39 is 0 Å². The van der Waals surface area contributed by atoms with Crippen molar-refractivity contribution >= 4 is 22.4 Å². The molecule has 0 bridgehead atoms. The molecule has 1 amide bonds. The van der Waals surface area contributed by atoms with E-state index in [9.17, 15) is 4.79 Å². The molecule has 1 saturated heterocycles. The second-order valence-electron chi connectivity index (χ2n) is 6.05. The summed E-state index contributed by atoms with van der Waals surface area (Å²) in [5.41, 5.74) is 0.0533. The summed E-state index contributed by atoms with van der Waals surface area (Å²) in [7, 11) is 0. The van der Waals surface area contributed by atoms with Gasteiger partial charge < -0.3 is 10.2 Å². The zero-order valence-electron chi connectivity index (χ0n) is 11.3. The van der Waals surface area contributed by atoms with Crippen LogP contribution < -0.4 is 10.2 Å². The van der Waals surface area contributed by atoms with Crippen molar-refractivity contribution in [1.82, 2.24) is 10.3 Å². The minimum atomic E-state index is 0.0533. The number of thiazole rings is 1. The Bertz CT molecular complexity index is 397. The summed E-state index contributed by atoms with van der Waals surface area (Å²) >= 11 is 1.65. The van der Waals surface area contributed by atoms with Crippen LogP contribution in [0.25, 0.3) is 0 Å². The van der Waals surface area contributed by atoms with E-state index in [0.717, 1.165) is 24.6 Å². The number of aromatic nitrogens is 1. The molecule has 18 heavy (non-hydrogen) atoms. The Morgan fingerprint density at radius 1 is 1.61 bits per heavy atom. The smallest absolute Gasteiger partial charge is 0.220 e. The van der Waals surface area contributed by atoms with Crippen molar-refractivity contribution in [2.45, 2.75) is 39.7 Å². The topological polar surface area (TPSA) is 45.2 Å². The van der Waals surface area contributed by atoms with Gasteiger partial charge in [0, 0.05) is 37.1 Å². The molecule has 1 fully saturated rings. The lowest BCUT2D eigenvalue weighted by Crippen LogP contribution is -2.38. The number of anilines is 1. The lowest BCUT2D eigenvalue weighted by Gasteiger charge is -2.20. The second-order valence-corrected chi connectivity index (χ2v) is 6.92. The molecule has 4 nitrogen and oxygen atoms in total. The normalized spacial score (nSPS) is 20.2. The molecule has 2 heterocycles. The predicted octanol–water partition coefficient (Wildman–Crippen LogP) is 2.27. The van der Waals surface area contributed by atoms with Crippen molar-refractivity contribution < 1.29 is 4.79 Å². The van der Waals surface area contributed by atoms with Gasteiger partial charge in [0.15, 0.2) is 5.13 Å². The van der Waals surface area contributed by atoms with Gasteiger partial charge in [0.2, 0.25) is 5.91 Å². The fourth-order valence-corrected chi connectivity index (χ4v) is 2.86. The van der Waals surface area contributed by atoms with Crippen LogP contribution in [-0.2, 0) is 4.79 Å². The largest absolute Gasteiger partial charge is 0.352 e. The van der Waals surface area contributed by atoms with Crippen LogP contribution in [0.15, 0.2) is 11.6 Å². The van der Waals surface area contributed by atoms with Crippen molar-refractivity contribution in [3.63, 3.8) is 0 Å². The molecule has 0 spiro atoms. The first-order valence-corrected chi connectivity index (χ1v) is 7.26. The second kappa shape index (κ2) is 5.26. The number of amides is 1. The van der Waals surface area contributed by atoms with Crippen LogP contribution in [0.5, 0.6) is 0 Å². The highest BCUT2D eigenvalue weighted by Gasteiger charge is 2.26. The van der Waals surface area contributed by atoms with Gasteiger partial charge in [0.05, 0.1) is 0 Å². The van der Waals surface area contributed by atoms with Crippen molar-refractivity contribution in [3.05, 3.63) is 11.6 Å². The highest BCUT2D eigenvalue weighted by Crippen LogP contribution is 2.23. The van der Waals surface area contributed by atoms with Crippen LogP contribution in [0.2, 0.25) is 0 Å². The molecule has 1 aliphatic rings. The molecule has 5 heteroatoms. The van der Waals surface area contributed by atoms with Gasteiger partial charge in [-0.25, -0.2) is 4.98 Å². The van der Waals surface area contributed by atoms with Crippen LogP contribution in [0.3, 0.4) is 0 Å². The molecule has 0 unspecified atom stereocenters. The number of nitrogens with one attached hydrogen (secondary N) is 1. The van der Waals surface area contributed by atoms with Gasteiger partial charge in [0.25, 0.3) is 0 Å². The van der Waals surface area contributed by atoms with Gasteiger partial charge in [-0.05, 0) is 11.8 Å². The number of carbonyl (C=O) groups excluding carboxylic acids is 1. The third-order valence-electron chi connectivity index (χ3n) is 2.93. The third-order valence-corrected chi connectivity index (χ3v) is 3.77. The van der Waals surface area contributed by atoms with E-state index in [1.54, 1.807) is 11.3 Å². The number of hydrogen-bond acceptors (Lipinski definition) is 4. The monoisotopic (exact) mass is 267 g/mol. The molecule has 1 atom stereocenters. The summed E-state index contributed by atoms with van der Waals surface area (Å²) in [5.74, 6) is 0.161. The van der Waals surface area contributed by atoms with E-state index in [1.807, 2.05) is 11.6 Å². The van der Waals surface area contributed by atoms with Crippen LogP contribution in [-0.4, -0.2) is 30.0 Å². The van der Waals surface area contributed by atoms with Gasteiger partial charge in [-0.3, -0.25) is 4.79 Å². The SMILES string of the molecule is CC(C)(C)CC(=O)N[C@H]1CCN(c2nccs2)C1. The van der Waals surface area contributed by atoms with Gasteiger partial charge in [-0.15, -0.1) is 11.3 Å². The minimum absolute atomic E-state index is 0.0533. The van der Waals surface area contributed by atoms with Crippen molar-refractivity contribution in [3.8, 4) is 0 Å². The van der Waals surface area contributed by atoms with E-state index in [1.165, 1.54) is 0 Å². The Morgan fingerprint density at radius 3 is 3.00 bits per heavy atom. The average molecular weight is 267 g/mol. The molecular formula is C13H21N3OS. The zero-order chi connectivity index (χ0) is 13.2. The molecule has 1 aromatic rings. The number of hydrogen-bond donors (Lipinski definition) is 1. The first-order chi connectivity index (χ1) is 8.44. The molecule has 0 aliphatic carbocycles. The average Bonchev–Trinajstić information content (AvgIpc) is 2.82. The third kappa shape index (κ3) is 3.70. The molecule has 1 N–H and O–H groups in total. The van der Waals surface area contributed by atoms with Crippen LogP contribution in [0, 0.1) is 5.41 Å². The molecule has 100 valence electrons. The maximum absolute atomic E-state index is 11.9. The summed E-state index contributed by atoms with van der Waals surface area (Å²) in [4.78, 5) is 18.4. The zero-order valence-corrected chi connectivity index (χ0v) is 12.1. The lowest BCUT2D eigenvalue weighted by atomic mass is 9.92. The van der Waals surface area contributed by atoms with Crippen LogP contribution in [0.4, 0.5) is 5.13 Å². The van der Waals surface area contributed by atoms with E-state index in [0.29, 0.717) is 6.42 Å². The van der Waals surface area contributed by atoms with E-state index in [4.69, 9.17) is 0 Å². The quantitative estimate of drug-likeness (QED) is 0.914. The van der Waals surface area contributed by atoms with Gasteiger partial charge in [0.1, 0.15) is 0 Å². The highest BCUT2D eigenvalue weighted by atomic mass is 32.1. The standard InChI is InChI=1S/C13H21N3OS/c1-13(2,3)8-11(17)15-10-4-6-16(9-10)12-14-5-7-18-12/h5,7,10H,4,6,8-9H2,1-3H3,(H,15,17)/t10-/m0/s1. The molecule has 1 aliphatic heterocycles. The summed E-state index contributed by atoms with van der Waals surface area (Å²) in [6, 6.07) is 0.267. The van der Waals surface area contributed by atoms with Crippen molar-refractivity contribution in [1.29, 1.82) is 0 Å². The Kier molecular flexibility index (Phi) is 3.90. The minimum Gasteiger partial charge on any atom is -0.352 e. The first kappa shape index (κ1) is 13.3. The van der Waals surface area contributed by atoms with E-state index in [2.05, 4.69) is 36.0 Å². The number of rotatable bonds is 3.